The zero-order valence-electron chi connectivity index (χ0n) is 13.6. The molecule has 0 atom stereocenters. The molecule has 0 saturated carbocycles. The third-order valence-corrected chi connectivity index (χ3v) is 4.81. The van der Waals surface area contributed by atoms with Gasteiger partial charge in [0.15, 0.2) is 10.9 Å². The van der Waals surface area contributed by atoms with Gasteiger partial charge in [0.05, 0.1) is 6.20 Å². The molecule has 0 bridgehead atoms. The normalized spacial score (nSPS) is 10.8. The highest BCUT2D eigenvalue weighted by Gasteiger charge is 2.14. The second kappa shape index (κ2) is 6.79. The van der Waals surface area contributed by atoms with Crippen LogP contribution >= 0.6 is 22.9 Å². The Kier molecular flexibility index (Phi) is 4.73. The van der Waals surface area contributed by atoms with Gasteiger partial charge in [-0.15, -0.1) is 0 Å². The molecule has 24 heavy (non-hydrogen) atoms. The summed E-state index contributed by atoms with van der Waals surface area (Å²) in [4.78, 5) is 16.2. The number of carbonyl (C=O) groups excluding carboxylic acids is 1. The van der Waals surface area contributed by atoms with Crippen LogP contribution in [0.25, 0.3) is 0 Å². The summed E-state index contributed by atoms with van der Waals surface area (Å²) in [7, 11) is 0. The fraction of sp³-hybridized carbons (Fsp3) is 0.222. The van der Waals surface area contributed by atoms with Gasteiger partial charge in [-0.05, 0) is 49.6 Å². The lowest BCUT2D eigenvalue weighted by Crippen LogP contribution is -2.10. The maximum absolute atomic E-state index is 12.2. The number of halogens is 1. The largest absolute Gasteiger partial charge is 0.456 e. The Hall–Kier alpha value is -2.11. The third-order valence-electron chi connectivity index (χ3n) is 3.77. The molecule has 3 aromatic rings. The van der Waals surface area contributed by atoms with Gasteiger partial charge in [0.1, 0.15) is 10.1 Å². The molecule has 0 fully saturated rings. The van der Waals surface area contributed by atoms with Gasteiger partial charge in [-0.2, -0.15) is 0 Å². The van der Waals surface area contributed by atoms with Crippen LogP contribution < -0.4 is 5.32 Å². The average molecular weight is 361 g/mol. The van der Waals surface area contributed by atoms with Crippen molar-refractivity contribution in [3.63, 3.8) is 0 Å². The zero-order valence-corrected chi connectivity index (χ0v) is 15.2. The van der Waals surface area contributed by atoms with Gasteiger partial charge in [-0.1, -0.05) is 40.6 Å². The van der Waals surface area contributed by atoms with Gasteiger partial charge >= 0.3 is 0 Å². The highest BCUT2D eigenvalue weighted by atomic mass is 35.5. The summed E-state index contributed by atoms with van der Waals surface area (Å²) in [5, 5.41) is 3.13. The molecule has 0 radical (unpaired) electrons. The second-order valence-electron chi connectivity index (χ2n) is 5.74. The predicted molar refractivity (Wildman–Crippen MR) is 97.2 cm³/mol. The van der Waals surface area contributed by atoms with E-state index in [0.29, 0.717) is 15.9 Å². The lowest BCUT2D eigenvalue weighted by Gasteiger charge is -2.09. The summed E-state index contributed by atoms with van der Waals surface area (Å²) in [5.41, 5.74) is 4.93. The van der Waals surface area contributed by atoms with E-state index in [1.807, 2.05) is 6.07 Å². The van der Waals surface area contributed by atoms with Crippen LogP contribution in [0.1, 0.15) is 38.6 Å². The highest BCUT2D eigenvalue weighted by molar-refractivity contribution is 7.19. The van der Waals surface area contributed by atoms with E-state index in [9.17, 15) is 4.79 Å². The second-order valence-corrected chi connectivity index (χ2v) is 7.41. The summed E-state index contributed by atoms with van der Waals surface area (Å²) in [6, 6.07) is 7.83. The Morgan fingerprint density at radius 1 is 1.25 bits per heavy atom. The molecular weight excluding hydrogens is 344 g/mol. The van der Waals surface area contributed by atoms with Crippen LogP contribution in [0, 0.1) is 20.8 Å². The average Bonchev–Trinajstić information content (AvgIpc) is 3.12. The van der Waals surface area contributed by atoms with Gasteiger partial charge in [-0.25, -0.2) is 4.98 Å². The lowest BCUT2D eigenvalue weighted by atomic mass is 9.97. The molecular formula is C18H17ClN2O2S. The molecule has 1 aromatic carbocycles. The summed E-state index contributed by atoms with van der Waals surface area (Å²) >= 11 is 7.01. The molecule has 124 valence electrons. The fourth-order valence-electron chi connectivity index (χ4n) is 2.73. The van der Waals surface area contributed by atoms with E-state index in [0.717, 1.165) is 5.76 Å². The SMILES string of the molecule is Cc1cc(C)c(Cc2ccc(C(=O)Nc3ncc(Cl)s3)o2)c(C)c1. The molecule has 2 heterocycles. The molecule has 0 aliphatic carbocycles. The number of nitrogens with one attached hydrogen (secondary N) is 1. The van der Waals surface area contributed by atoms with E-state index < -0.39 is 0 Å². The smallest absolute Gasteiger partial charge is 0.293 e. The molecule has 2 aromatic heterocycles. The van der Waals surface area contributed by atoms with Crippen molar-refractivity contribution in [3.8, 4) is 0 Å². The Morgan fingerprint density at radius 2 is 1.96 bits per heavy atom. The summed E-state index contributed by atoms with van der Waals surface area (Å²) in [6.07, 6.45) is 2.16. The monoisotopic (exact) mass is 360 g/mol. The number of nitrogens with zero attached hydrogens (tertiary/aromatic N) is 1. The quantitative estimate of drug-likeness (QED) is 0.699. The Bertz CT molecular complexity index is 875. The molecule has 1 amide bonds. The van der Waals surface area contributed by atoms with Crippen molar-refractivity contribution in [2.45, 2.75) is 27.2 Å². The van der Waals surface area contributed by atoms with E-state index in [-0.39, 0.29) is 11.7 Å². The zero-order chi connectivity index (χ0) is 17.3. The molecule has 4 nitrogen and oxygen atoms in total. The Labute approximate surface area is 149 Å². The van der Waals surface area contributed by atoms with E-state index in [2.05, 4.69) is 43.2 Å². The molecule has 0 aliphatic heterocycles. The van der Waals surface area contributed by atoms with Crippen molar-refractivity contribution in [1.82, 2.24) is 4.98 Å². The molecule has 0 spiro atoms. The van der Waals surface area contributed by atoms with Gasteiger partial charge in [0, 0.05) is 6.42 Å². The minimum atomic E-state index is -0.329. The number of furan rings is 1. The van der Waals surface area contributed by atoms with E-state index in [4.69, 9.17) is 16.0 Å². The van der Waals surface area contributed by atoms with Gasteiger partial charge < -0.3 is 4.42 Å². The number of rotatable bonds is 4. The summed E-state index contributed by atoms with van der Waals surface area (Å²) < 4.78 is 6.22. The van der Waals surface area contributed by atoms with Crippen LogP contribution in [-0.4, -0.2) is 10.9 Å². The van der Waals surface area contributed by atoms with Crippen molar-refractivity contribution >= 4 is 34.0 Å². The molecule has 0 unspecified atom stereocenters. The maximum Gasteiger partial charge on any atom is 0.293 e. The van der Waals surface area contributed by atoms with Crippen molar-refractivity contribution in [1.29, 1.82) is 0 Å². The first-order chi connectivity index (χ1) is 11.4. The van der Waals surface area contributed by atoms with Gasteiger partial charge in [-0.3, -0.25) is 10.1 Å². The first kappa shape index (κ1) is 16.7. The maximum atomic E-state index is 12.2. The van der Waals surface area contributed by atoms with Crippen LogP contribution in [0.3, 0.4) is 0 Å². The van der Waals surface area contributed by atoms with Crippen LogP contribution in [0.2, 0.25) is 4.34 Å². The van der Waals surface area contributed by atoms with Crippen LogP contribution in [-0.2, 0) is 6.42 Å². The number of aromatic nitrogens is 1. The van der Waals surface area contributed by atoms with Crippen molar-refractivity contribution in [2.75, 3.05) is 5.32 Å². The van der Waals surface area contributed by atoms with Crippen molar-refractivity contribution < 1.29 is 9.21 Å². The lowest BCUT2D eigenvalue weighted by molar-refractivity contribution is 0.0995. The van der Waals surface area contributed by atoms with E-state index in [1.165, 1.54) is 39.8 Å². The summed E-state index contributed by atoms with van der Waals surface area (Å²) in [6.45, 7) is 6.28. The molecule has 6 heteroatoms. The molecule has 0 saturated heterocycles. The minimum absolute atomic E-state index is 0.263. The molecule has 1 N–H and O–H groups in total. The Balaban J connectivity index is 1.75. The number of aryl methyl sites for hydroxylation is 3. The molecule has 0 aliphatic rings. The van der Waals surface area contributed by atoms with E-state index >= 15 is 0 Å². The number of hydrogen-bond acceptors (Lipinski definition) is 4. The fourth-order valence-corrected chi connectivity index (χ4v) is 3.54. The number of hydrogen-bond donors (Lipinski definition) is 1. The highest BCUT2D eigenvalue weighted by Crippen LogP contribution is 2.24. The van der Waals surface area contributed by atoms with Crippen LogP contribution in [0.4, 0.5) is 5.13 Å². The number of anilines is 1. The number of amides is 1. The first-order valence-corrected chi connectivity index (χ1v) is 8.70. The standard InChI is InChI=1S/C18H17ClN2O2S/c1-10-6-11(2)14(12(3)7-10)8-13-4-5-15(23-13)17(22)21-18-20-9-16(19)24-18/h4-7,9H,8H2,1-3H3,(H,20,21,22). The summed E-state index contributed by atoms with van der Waals surface area (Å²) in [5.74, 6) is 0.690. The number of carbonyl (C=O) groups is 1. The molecule has 3 rings (SSSR count). The third kappa shape index (κ3) is 3.68. The Morgan fingerprint density at radius 3 is 2.58 bits per heavy atom. The topological polar surface area (TPSA) is 55.1 Å². The predicted octanol–water partition coefficient (Wildman–Crippen LogP) is 5.16. The van der Waals surface area contributed by atoms with E-state index in [1.54, 1.807) is 6.07 Å². The number of benzene rings is 1. The van der Waals surface area contributed by atoms with Crippen LogP contribution in [0.15, 0.2) is 34.9 Å². The first-order valence-electron chi connectivity index (χ1n) is 7.50. The van der Waals surface area contributed by atoms with Crippen molar-refractivity contribution in [3.05, 3.63) is 68.6 Å². The van der Waals surface area contributed by atoms with Crippen molar-refractivity contribution in [2.24, 2.45) is 0 Å². The minimum Gasteiger partial charge on any atom is -0.456 e. The van der Waals surface area contributed by atoms with Gasteiger partial charge in [0.25, 0.3) is 5.91 Å². The van der Waals surface area contributed by atoms with Gasteiger partial charge in [0.2, 0.25) is 0 Å². The van der Waals surface area contributed by atoms with Crippen LogP contribution in [0.5, 0.6) is 0 Å². The number of thiazole rings is 1.